The number of nitrogens with zero attached hydrogens (tertiary/aromatic N) is 1. The van der Waals surface area contributed by atoms with Crippen LogP contribution in [0.4, 0.5) is 4.39 Å². The van der Waals surface area contributed by atoms with Crippen LogP contribution in [0, 0.1) is 5.82 Å². The lowest BCUT2D eigenvalue weighted by atomic mass is 10.1. The topological polar surface area (TPSA) is 31.2 Å². The lowest BCUT2D eigenvalue weighted by Crippen LogP contribution is -2.13. The highest BCUT2D eigenvalue weighted by atomic mass is 79.9. The van der Waals surface area contributed by atoms with Gasteiger partial charge in [-0.2, -0.15) is 0 Å². The molecule has 3 aromatic carbocycles. The van der Waals surface area contributed by atoms with E-state index in [-0.39, 0.29) is 5.43 Å². The Hall–Kier alpha value is -2.92. The van der Waals surface area contributed by atoms with Crippen LogP contribution in [0.15, 0.2) is 82.1 Å². The maximum Gasteiger partial charge on any atom is 0.190 e. The molecule has 0 N–H and O–H groups in total. The van der Waals surface area contributed by atoms with Crippen molar-refractivity contribution in [2.75, 3.05) is 7.11 Å². The van der Waals surface area contributed by atoms with Crippen molar-refractivity contribution in [1.29, 1.82) is 0 Å². The Morgan fingerprint density at radius 1 is 1.00 bits per heavy atom. The van der Waals surface area contributed by atoms with Crippen molar-refractivity contribution in [3.63, 3.8) is 0 Å². The van der Waals surface area contributed by atoms with Gasteiger partial charge in [-0.3, -0.25) is 4.79 Å². The van der Waals surface area contributed by atoms with E-state index in [2.05, 4.69) is 15.9 Å². The first kappa shape index (κ1) is 18.4. The standard InChI is InChI=1S/C23H17BrFNO2/c1-28-17-9-7-16(8-10-17)21-13-23(27)18-11-20(25)19(24)12-22(18)26(21)14-15-5-3-2-4-6-15/h2-13H,14H2,1H3. The van der Waals surface area contributed by atoms with E-state index in [4.69, 9.17) is 4.74 Å². The molecule has 1 aromatic heterocycles. The fourth-order valence-corrected chi connectivity index (χ4v) is 3.64. The van der Waals surface area contributed by atoms with Crippen LogP contribution in [0.5, 0.6) is 5.75 Å². The normalized spacial score (nSPS) is 11.0. The first-order chi connectivity index (χ1) is 13.6. The summed E-state index contributed by atoms with van der Waals surface area (Å²) in [4.78, 5) is 12.7. The number of fused-ring (bicyclic) bond motifs is 1. The summed E-state index contributed by atoms with van der Waals surface area (Å²) in [6.45, 7) is 0.553. The van der Waals surface area contributed by atoms with Gasteiger partial charge in [0.05, 0.1) is 22.8 Å². The SMILES string of the molecule is COc1ccc(-c2cc(=O)c3cc(F)c(Br)cc3n2Cc2ccccc2)cc1. The number of ether oxygens (including phenoxy) is 1. The van der Waals surface area contributed by atoms with Crippen molar-refractivity contribution in [2.24, 2.45) is 0 Å². The van der Waals surface area contributed by atoms with Crippen molar-refractivity contribution in [2.45, 2.75) is 6.54 Å². The summed E-state index contributed by atoms with van der Waals surface area (Å²) in [7, 11) is 1.61. The molecule has 0 saturated heterocycles. The molecule has 0 aliphatic rings. The summed E-state index contributed by atoms with van der Waals surface area (Å²) in [6, 6.07) is 22.0. The first-order valence-electron chi connectivity index (χ1n) is 8.78. The van der Waals surface area contributed by atoms with E-state index in [0.29, 0.717) is 21.9 Å². The summed E-state index contributed by atoms with van der Waals surface area (Å²) < 4.78 is 21.7. The number of pyridine rings is 1. The average Bonchev–Trinajstić information content (AvgIpc) is 2.72. The van der Waals surface area contributed by atoms with Gasteiger partial charge >= 0.3 is 0 Å². The molecule has 28 heavy (non-hydrogen) atoms. The van der Waals surface area contributed by atoms with Gasteiger partial charge in [-0.25, -0.2) is 4.39 Å². The molecule has 3 nitrogen and oxygen atoms in total. The molecule has 140 valence electrons. The number of hydrogen-bond donors (Lipinski definition) is 0. The molecule has 0 bridgehead atoms. The first-order valence-corrected chi connectivity index (χ1v) is 9.57. The molecule has 1 heterocycles. The summed E-state index contributed by atoms with van der Waals surface area (Å²) in [5.74, 6) is 0.291. The van der Waals surface area contributed by atoms with Crippen LogP contribution in [0.1, 0.15) is 5.56 Å². The summed E-state index contributed by atoms with van der Waals surface area (Å²) in [6.07, 6.45) is 0. The minimum absolute atomic E-state index is 0.212. The summed E-state index contributed by atoms with van der Waals surface area (Å²) >= 11 is 3.25. The van der Waals surface area contributed by atoms with Gasteiger partial charge in [-0.05, 0) is 63.5 Å². The third kappa shape index (κ3) is 3.45. The van der Waals surface area contributed by atoms with E-state index in [1.54, 1.807) is 19.2 Å². The van der Waals surface area contributed by atoms with Crippen molar-refractivity contribution in [1.82, 2.24) is 4.57 Å². The van der Waals surface area contributed by atoms with Gasteiger partial charge in [0.1, 0.15) is 11.6 Å². The molecule has 0 aliphatic carbocycles. The second kappa shape index (κ2) is 7.60. The second-order valence-corrected chi connectivity index (χ2v) is 7.33. The largest absolute Gasteiger partial charge is 0.497 e. The molecule has 0 unspecified atom stereocenters. The van der Waals surface area contributed by atoms with Crippen LogP contribution < -0.4 is 10.2 Å². The number of aromatic nitrogens is 1. The number of rotatable bonds is 4. The van der Waals surface area contributed by atoms with Gasteiger partial charge in [0.25, 0.3) is 0 Å². The second-order valence-electron chi connectivity index (χ2n) is 6.48. The smallest absolute Gasteiger partial charge is 0.190 e. The maximum absolute atomic E-state index is 14.1. The third-order valence-corrected chi connectivity index (χ3v) is 5.33. The maximum atomic E-state index is 14.1. The van der Waals surface area contributed by atoms with Gasteiger partial charge in [0, 0.05) is 18.0 Å². The highest BCUT2D eigenvalue weighted by Gasteiger charge is 2.14. The zero-order valence-corrected chi connectivity index (χ0v) is 16.7. The van der Waals surface area contributed by atoms with Crippen molar-refractivity contribution < 1.29 is 9.13 Å². The number of halogens is 2. The molecular weight excluding hydrogens is 421 g/mol. The van der Waals surface area contributed by atoms with Crippen LogP contribution in [0.3, 0.4) is 0 Å². The Morgan fingerprint density at radius 3 is 2.39 bits per heavy atom. The minimum Gasteiger partial charge on any atom is -0.497 e. The predicted molar refractivity (Wildman–Crippen MR) is 113 cm³/mol. The zero-order chi connectivity index (χ0) is 19.7. The lowest BCUT2D eigenvalue weighted by Gasteiger charge is -2.18. The van der Waals surface area contributed by atoms with E-state index in [1.807, 2.05) is 59.2 Å². The molecule has 5 heteroatoms. The Labute approximate surface area is 170 Å². The Kier molecular flexibility index (Phi) is 5.01. The van der Waals surface area contributed by atoms with E-state index in [0.717, 1.165) is 22.6 Å². The Balaban J connectivity index is 2.00. The Morgan fingerprint density at radius 2 is 1.71 bits per heavy atom. The van der Waals surface area contributed by atoms with Crippen LogP contribution in [0.25, 0.3) is 22.2 Å². The minimum atomic E-state index is -0.451. The van der Waals surface area contributed by atoms with Crippen molar-refractivity contribution in [3.8, 4) is 17.0 Å². The van der Waals surface area contributed by atoms with Gasteiger partial charge in [0.15, 0.2) is 5.43 Å². The van der Waals surface area contributed by atoms with Crippen molar-refractivity contribution >= 4 is 26.8 Å². The number of hydrogen-bond acceptors (Lipinski definition) is 2. The monoisotopic (exact) mass is 437 g/mol. The van der Waals surface area contributed by atoms with Crippen LogP contribution >= 0.6 is 15.9 Å². The molecule has 0 saturated carbocycles. The van der Waals surface area contributed by atoms with Crippen LogP contribution in [-0.2, 0) is 6.54 Å². The third-order valence-electron chi connectivity index (χ3n) is 4.72. The molecule has 0 fully saturated rings. The molecule has 0 radical (unpaired) electrons. The molecule has 0 spiro atoms. The molecule has 4 rings (SSSR count). The van der Waals surface area contributed by atoms with E-state index >= 15 is 0 Å². The summed E-state index contributed by atoms with van der Waals surface area (Å²) in [5, 5.41) is 0.355. The highest BCUT2D eigenvalue weighted by Crippen LogP contribution is 2.28. The fourth-order valence-electron chi connectivity index (χ4n) is 3.30. The number of methoxy groups -OCH3 is 1. The van der Waals surface area contributed by atoms with Gasteiger partial charge in [0.2, 0.25) is 0 Å². The van der Waals surface area contributed by atoms with Crippen molar-refractivity contribution in [3.05, 3.63) is 98.9 Å². The average molecular weight is 438 g/mol. The van der Waals surface area contributed by atoms with Crippen LogP contribution in [-0.4, -0.2) is 11.7 Å². The molecule has 0 aliphatic heterocycles. The fraction of sp³-hybridized carbons (Fsp3) is 0.0870. The summed E-state index contributed by atoms with van der Waals surface area (Å²) in [5.41, 5.74) is 3.20. The van der Waals surface area contributed by atoms with Gasteiger partial charge in [-0.1, -0.05) is 30.3 Å². The van der Waals surface area contributed by atoms with Gasteiger partial charge < -0.3 is 9.30 Å². The van der Waals surface area contributed by atoms with Crippen LogP contribution in [0.2, 0.25) is 0 Å². The van der Waals surface area contributed by atoms with Gasteiger partial charge in [-0.15, -0.1) is 0 Å². The van der Waals surface area contributed by atoms with E-state index in [1.165, 1.54) is 6.07 Å². The number of benzene rings is 3. The van der Waals surface area contributed by atoms with E-state index in [9.17, 15) is 9.18 Å². The molecule has 0 atom stereocenters. The molecule has 4 aromatic rings. The zero-order valence-electron chi connectivity index (χ0n) is 15.2. The Bertz CT molecular complexity index is 1200. The molecular formula is C23H17BrFNO2. The lowest BCUT2D eigenvalue weighted by molar-refractivity contribution is 0.415. The predicted octanol–water partition coefficient (Wildman–Crippen LogP) is 5.63. The highest BCUT2D eigenvalue weighted by molar-refractivity contribution is 9.10. The van der Waals surface area contributed by atoms with E-state index < -0.39 is 5.82 Å². The molecule has 0 amide bonds. The quantitative estimate of drug-likeness (QED) is 0.414.